The highest BCUT2D eigenvalue weighted by atomic mass is 35.5. The monoisotopic (exact) mass is 1080 g/mol. The van der Waals surface area contributed by atoms with Gasteiger partial charge in [-0.25, -0.2) is 0 Å². The van der Waals surface area contributed by atoms with Gasteiger partial charge in [0.25, 0.3) is 10.1 Å². The summed E-state index contributed by atoms with van der Waals surface area (Å²) in [5.41, 5.74) is 1.53. The number of carboxylic acid groups (broad SMARTS) is 1. The molecule has 0 heterocycles. The van der Waals surface area contributed by atoms with E-state index >= 15 is 0 Å². The summed E-state index contributed by atoms with van der Waals surface area (Å²) in [6, 6.07) is 0. The van der Waals surface area contributed by atoms with Crippen molar-refractivity contribution in [2.75, 3.05) is 73.2 Å². The fraction of sp³-hybridized carbons (Fsp3) is 0.882. The highest BCUT2D eigenvalue weighted by Gasteiger charge is 2.33. The largest absolute Gasteiger partial charge is 1.00 e. The van der Waals surface area contributed by atoms with Gasteiger partial charge in [0.15, 0.2) is 6.79 Å². The summed E-state index contributed by atoms with van der Waals surface area (Å²) in [6.07, 6.45) is 5.33. The minimum absolute atomic E-state index is 0. The Hall–Kier alpha value is -3.14. The van der Waals surface area contributed by atoms with Crippen molar-refractivity contribution in [3.05, 3.63) is 0 Å². The minimum atomic E-state index is -4.09. The Bertz CT molecular complexity index is 1610. The number of hydrogen-bond donors (Lipinski definition) is 6. The van der Waals surface area contributed by atoms with Crippen molar-refractivity contribution in [1.82, 2.24) is 5.32 Å². The number of nitrogens with two attached hydrogens (primary N) is 1. The average molecular weight is 1080 g/mol. The number of halogens is 1. The number of nitrogens with one attached hydrogen (secondary N) is 1. The van der Waals surface area contributed by atoms with Gasteiger partial charge >= 0.3 is 29.8 Å². The van der Waals surface area contributed by atoms with Crippen LogP contribution in [0.4, 0.5) is 0 Å². The maximum Gasteiger partial charge on any atom is 0.313 e. The Labute approximate surface area is 442 Å². The quantitative estimate of drug-likeness (QED) is 0.0193. The lowest BCUT2D eigenvalue weighted by Gasteiger charge is -2.30. The molecule has 0 aromatic rings. The van der Waals surface area contributed by atoms with Gasteiger partial charge in [0.2, 0.25) is 5.91 Å². The third-order valence-corrected chi connectivity index (χ3v) is 12.9. The molecule has 0 fully saturated rings. The molecule has 0 saturated carbocycles. The van der Waals surface area contributed by atoms with Crippen molar-refractivity contribution in [1.29, 1.82) is 0 Å². The second kappa shape index (κ2) is 38.4. The van der Waals surface area contributed by atoms with E-state index in [0.717, 1.165) is 36.7 Å². The second-order valence-electron chi connectivity index (χ2n) is 22.6. The molecule has 0 radical (unpaired) electrons. The van der Waals surface area contributed by atoms with Crippen molar-refractivity contribution >= 4 is 45.9 Å². The van der Waals surface area contributed by atoms with Crippen LogP contribution in [0.3, 0.4) is 0 Å². The van der Waals surface area contributed by atoms with E-state index in [1.807, 2.05) is 83.1 Å². The van der Waals surface area contributed by atoms with Gasteiger partial charge in [-0.3, -0.25) is 33.3 Å². The Morgan fingerprint density at radius 1 is 0.528 bits per heavy atom. The highest BCUT2D eigenvalue weighted by Crippen LogP contribution is 2.24. The lowest BCUT2D eigenvalue weighted by molar-refractivity contribution is -0.870. The van der Waals surface area contributed by atoms with E-state index < -0.39 is 55.8 Å². The van der Waals surface area contributed by atoms with Gasteiger partial charge in [-0.15, -0.1) is 0 Å². The molecule has 0 atom stereocenters. The molecule has 0 aromatic heterocycles. The van der Waals surface area contributed by atoms with Gasteiger partial charge in [0.05, 0.1) is 79.3 Å². The summed E-state index contributed by atoms with van der Waals surface area (Å²) >= 11 is 0. The van der Waals surface area contributed by atoms with Crippen LogP contribution < -0.4 is 23.5 Å². The zero-order valence-corrected chi connectivity index (χ0v) is 50.7. The first kappa shape index (κ1) is 82.9. The molecule has 21 heteroatoms. The van der Waals surface area contributed by atoms with Crippen molar-refractivity contribution in [2.45, 2.75) is 189 Å². The summed E-state index contributed by atoms with van der Waals surface area (Å²) in [5, 5.41) is 27.7. The van der Waals surface area contributed by atoms with Crippen molar-refractivity contribution in [3.8, 4) is 0 Å². The summed E-state index contributed by atoms with van der Waals surface area (Å²) in [4.78, 5) is 66.9. The van der Waals surface area contributed by atoms with Gasteiger partial charge < -0.3 is 62.2 Å². The Morgan fingerprint density at radius 2 is 0.833 bits per heavy atom. The van der Waals surface area contributed by atoms with Crippen molar-refractivity contribution < 1.29 is 92.9 Å². The number of quaternary nitrogens is 1. The average Bonchev–Trinajstić information content (AvgIpc) is 3.25. The van der Waals surface area contributed by atoms with Crippen LogP contribution in [0.2, 0.25) is 0 Å². The van der Waals surface area contributed by atoms with Crippen LogP contribution in [0.1, 0.15) is 183 Å². The van der Waals surface area contributed by atoms with Crippen LogP contribution in [0.25, 0.3) is 0 Å². The van der Waals surface area contributed by atoms with Crippen LogP contribution >= 0.6 is 0 Å². The number of carbonyl (C=O) groups is 6. The number of aliphatic hydroxyl groups is 2. The molecule has 19 nitrogen and oxygen atoms in total. The smallest absolute Gasteiger partial charge is 0.313 e. The molecule has 0 aromatic carbocycles. The van der Waals surface area contributed by atoms with E-state index in [0.29, 0.717) is 39.0 Å². The van der Waals surface area contributed by atoms with Gasteiger partial charge in [-0.1, -0.05) is 55.4 Å². The fourth-order valence-corrected chi connectivity index (χ4v) is 4.68. The summed E-state index contributed by atoms with van der Waals surface area (Å²) in [5.74, 6) is -2.27. The lowest BCUT2D eigenvalue weighted by atomic mass is 9.88. The predicted octanol–water partition coefficient (Wildman–Crippen LogP) is 4.58. The number of aliphatic carboxylic acids is 1. The number of rotatable bonds is 24. The van der Waals surface area contributed by atoms with E-state index in [1.54, 1.807) is 55.4 Å². The van der Waals surface area contributed by atoms with E-state index in [2.05, 4.69) is 31.2 Å². The SMILES string of the molecule is CCC(C)(C)C(=O)NC(C)(C)CS(=O)(=O)O.CCC(C)(C)C(=O)O.CCC(C)(C)C(=O)OCCC[N+](C)(C)C.CCC(C)(C)C(=O)OCCN.CCC(C)(C)C(=O)OCCO.CCC(C)(C)C(=O)OCO.[Cl-]. The molecule has 0 aliphatic carbocycles. The van der Waals surface area contributed by atoms with Crippen molar-refractivity contribution in [2.24, 2.45) is 38.2 Å². The maximum atomic E-state index is 11.8. The van der Waals surface area contributed by atoms with E-state index in [4.69, 9.17) is 39.8 Å². The zero-order chi connectivity index (χ0) is 58.1. The van der Waals surface area contributed by atoms with E-state index in [1.165, 1.54) is 0 Å². The number of esters is 4. The number of hydrogen-bond acceptors (Lipinski definition) is 15. The highest BCUT2D eigenvalue weighted by molar-refractivity contribution is 7.85. The first-order chi connectivity index (χ1) is 31.7. The molecule has 0 spiro atoms. The number of aliphatic hydroxyl groups excluding tert-OH is 2. The molecule has 72 heavy (non-hydrogen) atoms. The molecule has 7 N–H and O–H groups in total. The van der Waals surface area contributed by atoms with Crippen LogP contribution in [0.15, 0.2) is 0 Å². The molecule has 0 aliphatic heterocycles. The number of amides is 1. The van der Waals surface area contributed by atoms with Gasteiger partial charge in [0, 0.05) is 18.4 Å². The van der Waals surface area contributed by atoms with Crippen LogP contribution in [-0.2, 0) is 57.8 Å². The van der Waals surface area contributed by atoms with Gasteiger partial charge in [-0.05, 0) is 122 Å². The fourth-order valence-electron chi connectivity index (χ4n) is 3.69. The topological polar surface area (TPSA) is 292 Å². The molecule has 0 aliphatic rings. The normalized spacial score (nSPS) is 11.9. The van der Waals surface area contributed by atoms with Crippen molar-refractivity contribution in [3.63, 3.8) is 0 Å². The number of carbonyl (C=O) groups excluding carboxylic acids is 5. The summed E-state index contributed by atoms with van der Waals surface area (Å²) in [6.45, 7) is 38.2. The molecule has 0 unspecified atom stereocenters. The summed E-state index contributed by atoms with van der Waals surface area (Å²) in [7, 11) is 2.32. The van der Waals surface area contributed by atoms with Crippen LogP contribution in [0, 0.1) is 32.5 Å². The minimum Gasteiger partial charge on any atom is -1.00 e. The van der Waals surface area contributed by atoms with Gasteiger partial charge in [0.1, 0.15) is 13.2 Å². The lowest BCUT2D eigenvalue weighted by Crippen LogP contribution is -3.00. The second-order valence-corrected chi connectivity index (χ2v) is 24.1. The number of nitrogens with zero attached hydrogens (tertiary/aromatic N) is 1. The number of carboxylic acids is 1. The Morgan fingerprint density at radius 3 is 1.07 bits per heavy atom. The number of ether oxygens (including phenoxy) is 4. The molecule has 0 saturated heterocycles. The molecule has 434 valence electrons. The van der Waals surface area contributed by atoms with Crippen LogP contribution in [-0.4, -0.2) is 147 Å². The van der Waals surface area contributed by atoms with Gasteiger partial charge in [-0.2, -0.15) is 8.42 Å². The molecule has 1 amide bonds. The Balaban J connectivity index is -0.000000142. The maximum absolute atomic E-state index is 11.8. The third kappa shape index (κ3) is 44.4. The third-order valence-electron chi connectivity index (χ3n) is 11.8. The van der Waals surface area contributed by atoms with E-state index in [9.17, 15) is 37.2 Å². The predicted molar refractivity (Wildman–Crippen MR) is 280 cm³/mol. The Kier molecular flexibility index (Phi) is 44.2. The first-order valence-corrected chi connectivity index (χ1v) is 26.2. The molecule has 0 bridgehead atoms. The first-order valence-electron chi connectivity index (χ1n) is 24.6. The standard InChI is InChI=1S/C12H26NO2.C10H21NO4S.C8H17NO2.C8H16O3.C7H14O3.C6H12O2.ClH/c1-7-12(2,3)11(14)15-10-8-9-13(4,5)6;1-6-9(2,3)8(12)11-10(4,5)7-16(13,14)15;2*1-4-8(2,3)7(10)11-6-5-9;1-4-7(2,3)6(9)10-5-8;1-4-6(2,3)5(7)8;/h7-10H2,1-6H3;6-7H2,1-5H3,(H,11,12)(H,13,14,15);4-6,9H2,1-3H3;9H,4-6H2,1-3H3;8H,4-5H2,1-3H3;4H2,1-3H3,(H,7,8);1H/q+1;;;;;;/p-1. The zero-order valence-electron chi connectivity index (χ0n) is 49.1. The van der Waals surface area contributed by atoms with Crippen LogP contribution in [0.5, 0.6) is 0 Å². The molecular weight excluding hydrogens is 978 g/mol. The molecular formula is C51H106ClN3O16S. The molecule has 0 rings (SSSR count). The van der Waals surface area contributed by atoms with E-state index in [-0.39, 0.29) is 66.2 Å². The summed E-state index contributed by atoms with van der Waals surface area (Å²) < 4.78 is 50.5.